The van der Waals surface area contributed by atoms with Gasteiger partial charge in [-0.05, 0) is 44.4 Å². The minimum atomic E-state index is 0.511. The fourth-order valence-electron chi connectivity index (χ4n) is 1.87. The van der Waals surface area contributed by atoms with Crippen molar-refractivity contribution >= 4 is 0 Å². The molecule has 18 heavy (non-hydrogen) atoms. The second kappa shape index (κ2) is 6.76. The molecule has 0 aliphatic heterocycles. The van der Waals surface area contributed by atoms with Gasteiger partial charge < -0.3 is 15.4 Å². The Kier molecular flexibility index (Phi) is 5.02. The summed E-state index contributed by atoms with van der Waals surface area (Å²) in [6, 6.07) is 9.62. The molecule has 3 heteroatoms. The van der Waals surface area contributed by atoms with Gasteiger partial charge in [-0.2, -0.15) is 0 Å². The van der Waals surface area contributed by atoms with Gasteiger partial charge in [-0.3, -0.25) is 0 Å². The Morgan fingerprint density at radius 3 is 2.61 bits per heavy atom. The molecule has 1 aromatic carbocycles. The summed E-state index contributed by atoms with van der Waals surface area (Å²) >= 11 is 0. The van der Waals surface area contributed by atoms with Crippen LogP contribution in [0.2, 0.25) is 0 Å². The first kappa shape index (κ1) is 13.4. The minimum Gasteiger partial charge on any atom is -0.494 e. The molecule has 1 aliphatic rings. The molecule has 3 nitrogen and oxygen atoms in total. The maximum absolute atomic E-state index is 5.43. The lowest BCUT2D eigenvalue weighted by Gasteiger charge is -2.14. The lowest BCUT2D eigenvalue weighted by Crippen LogP contribution is -2.36. The highest BCUT2D eigenvalue weighted by atomic mass is 16.5. The summed E-state index contributed by atoms with van der Waals surface area (Å²) in [5.74, 6) is 0.949. The van der Waals surface area contributed by atoms with Gasteiger partial charge in [0.05, 0.1) is 6.61 Å². The fourth-order valence-corrected chi connectivity index (χ4v) is 1.87. The average molecular weight is 248 g/mol. The second-order valence-corrected chi connectivity index (χ2v) is 5.04. The predicted octanol–water partition coefficient (Wildman–Crippen LogP) is 2.32. The smallest absolute Gasteiger partial charge is 0.119 e. The number of hydrogen-bond donors (Lipinski definition) is 2. The molecule has 0 bridgehead atoms. The topological polar surface area (TPSA) is 33.3 Å². The van der Waals surface area contributed by atoms with Crippen LogP contribution in [0.3, 0.4) is 0 Å². The number of benzene rings is 1. The van der Waals surface area contributed by atoms with Crippen LogP contribution in [0.4, 0.5) is 0 Å². The summed E-state index contributed by atoms with van der Waals surface area (Å²) in [5, 5.41) is 7.07. The standard InChI is InChI=1S/C15H24N2O/c1-3-18-15-8-4-13(5-9-15)11-16-12(2)10-17-14-6-7-14/h4-5,8-9,12,14,16-17H,3,6-7,10-11H2,1-2H3. The van der Waals surface area contributed by atoms with Crippen LogP contribution < -0.4 is 15.4 Å². The van der Waals surface area contributed by atoms with Crippen LogP contribution in [-0.4, -0.2) is 25.2 Å². The van der Waals surface area contributed by atoms with Crippen molar-refractivity contribution in [3.63, 3.8) is 0 Å². The van der Waals surface area contributed by atoms with E-state index in [0.717, 1.165) is 31.5 Å². The second-order valence-electron chi connectivity index (χ2n) is 5.04. The lowest BCUT2D eigenvalue weighted by molar-refractivity contribution is 0.340. The largest absolute Gasteiger partial charge is 0.494 e. The number of nitrogens with one attached hydrogen (secondary N) is 2. The zero-order valence-electron chi connectivity index (χ0n) is 11.4. The van der Waals surface area contributed by atoms with Crippen molar-refractivity contribution < 1.29 is 4.74 Å². The molecule has 0 heterocycles. The van der Waals surface area contributed by atoms with Gasteiger partial charge in [0.15, 0.2) is 0 Å². The molecule has 2 rings (SSSR count). The van der Waals surface area contributed by atoms with Crippen LogP contribution in [0, 0.1) is 0 Å². The third-order valence-corrected chi connectivity index (χ3v) is 3.18. The van der Waals surface area contributed by atoms with E-state index in [9.17, 15) is 0 Å². The van der Waals surface area contributed by atoms with Crippen LogP contribution in [-0.2, 0) is 6.54 Å². The third-order valence-electron chi connectivity index (χ3n) is 3.18. The minimum absolute atomic E-state index is 0.511. The molecule has 1 unspecified atom stereocenters. The molecular formula is C15H24N2O. The Morgan fingerprint density at radius 1 is 1.28 bits per heavy atom. The van der Waals surface area contributed by atoms with E-state index in [2.05, 4.69) is 29.7 Å². The van der Waals surface area contributed by atoms with Gasteiger partial charge in [-0.15, -0.1) is 0 Å². The van der Waals surface area contributed by atoms with Crippen LogP contribution in [0.1, 0.15) is 32.3 Å². The van der Waals surface area contributed by atoms with Crippen molar-refractivity contribution in [3.05, 3.63) is 29.8 Å². The highest BCUT2D eigenvalue weighted by Gasteiger charge is 2.20. The van der Waals surface area contributed by atoms with Gasteiger partial charge in [0.25, 0.3) is 0 Å². The zero-order chi connectivity index (χ0) is 12.8. The fraction of sp³-hybridized carbons (Fsp3) is 0.600. The molecule has 0 aromatic heterocycles. The Balaban J connectivity index is 1.67. The molecule has 0 spiro atoms. The van der Waals surface area contributed by atoms with Crippen molar-refractivity contribution in [2.24, 2.45) is 0 Å². The zero-order valence-corrected chi connectivity index (χ0v) is 11.4. The Hall–Kier alpha value is -1.06. The van der Waals surface area contributed by atoms with Gasteiger partial charge in [0, 0.05) is 25.2 Å². The van der Waals surface area contributed by atoms with Crippen LogP contribution in [0.5, 0.6) is 5.75 Å². The Morgan fingerprint density at radius 2 is 2.00 bits per heavy atom. The highest BCUT2D eigenvalue weighted by Crippen LogP contribution is 2.18. The number of ether oxygens (including phenoxy) is 1. The molecule has 1 aliphatic carbocycles. The van der Waals surface area contributed by atoms with Crippen molar-refractivity contribution in [1.82, 2.24) is 10.6 Å². The summed E-state index contributed by atoms with van der Waals surface area (Å²) in [6.07, 6.45) is 2.71. The SMILES string of the molecule is CCOc1ccc(CNC(C)CNC2CC2)cc1. The first-order chi connectivity index (χ1) is 8.78. The van der Waals surface area contributed by atoms with Crippen LogP contribution in [0.25, 0.3) is 0 Å². The Bertz CT molecular complexity index is 346. The molecule has 0 saturated heterocycles. The molecule has 1 fully saturated rings. The molecule has 2 N–H and O–H groups in total. The Labute approximate surface area is 110 Å². The monoisotopic (exact) mass is 248 g/mol. The molecular weight excluding hydrogens is 224 g/mol. The van der Waals surface area contributed by atoms with Crippen molar-refractivity contribution in [2.45, 2.75) is 45.3 Å². The van der Waals surface area contributed by atoms with Gasteiger partial charge in [0.1, 0.15) is 5.75 Å². The van der Waals surface area contributed by atoms with Crippen molar-refractivity contribution in [1.29, 1.82) is 0 Å². The molecule has 0 amide bonds. The molecule has 100 valence electrons. The van der Waals surface area contributed by atoms with E-state index >= 15 is 0 Å². The van der Waals surface area contributed by atoms with Crippen molar-refractivity contribution in [2.75, 3.05) is 13.2 Å². The predicted molar refractivity (Wildman–Crippen MR) is 74.9 cm³/mol. The van der Waals surface area contributed by atoms with Gasteiger partial charge in [-0.1, -0.05) is 12.1 Å². The first-order valence-electron chi connectivity index (χ1n) is 6.96. The quantitative estimate of drug-likeness (QED) is 0.740. The summed E-state index contributed by atoms with van der Waals surface area (Å²) in [6.45, 7) is 6.93. The van der Waals surface area contributed by atoms with Gasteiger partial charge >= 0.3 is 0 Å². The number of hydrogen-bond acceptors (Lipinski definition) is 3. The van der Waals surface area contributed by atoms with E-state index in [0.29, 0.717) is 6.04 Å². The molecule has 0 radical (unpaired) electrons. The molecule has 1 aromatic rings. The van der Waals surface area contributed by atoms with E-state index in [1.165, 1.54) is 18.4 Å². The van der Waals surface area contributed by atoms with Crippen LogP contribution >= 0.6 is 0 Å². The van der Waals surface area contributed by atoms with E-state index in [-0.39, 0.29) is 0 Å². The van der Waals surface area contributed by atoms with E-state index in [1.54, 1.807) is 0 Å². The van der Waals surface area contributed by atoms with Crippen LogP contribution in [0.15, 0.2) is 24.3 Å². The van der Waals surface area contributed by atoms with E-state index in [4.69, 9.17) is 4.74 Å². The summed E-state index contributed by atoms with van der Waals surface area (Å²) in [7, 11) is 0. The maximum atomic E-state index is 5.43. The van der Waals surface area contributed by atoms with E-state index in [1.807, 2.05) is 19.1 Å². The van der Waals surface area contributed by atoms with Gasteiger partial charge in [0.2, 0.25) is 0 Å². The number of rotatable bonds is 8. The summed E-state index contributed by atoms with van der Waals surface area (Å²) in [4.78, 5) is 0. The van der Waals surface area contributed by atoms with E-state index < -0.39 is 0 Å². The lowest BCUT2D eigenvalue weighted by atomic mass is 10.2. The molecule has 1 atom stereocenters. The highest BCUT2D eigenvalue weighted by molar-refractivity contribution is 5.27. The van der Waals surface area contributed by atoms with Crippen molar-refractivity contribution in [3.8, 4) is 5.75 Å². The maximum Gasteiger partial charge on any atom is 0.119 e. The molecule has 1 saturated carbocycles. The average Bonchev–Trinajstić information content (AvgIpc) is 3.20. The summed E-state index contributed by atoms with van der Waals surface area (Å²) < 4.78 is 5.43. The summed E-state index contributed by atoms with van der Waals surface area (Å²) in [5.41, 5.74) is 1.30. The van der Waals surface area contributed by atoms with Gasteiger partial charge in [-0.25, -0.2) is 0 Å². The third kappa shape index (κ3) is 4.67. The first-order valence-corrected chi connectivity index (χ1v) is 6.96. The normalized spacial score (nSPS) is 16.6.